The van der Waals surface area contributed by atoms with E-state index >= 15 is 0 Å². The molecule has 2 heterocycles. The van der Waals surface area contributed by atoms with Crippen LogP contribution < -0.4 is 11.5 Å². The van der Waals surface area contributed by atoms with Crippen molar-refractivity contribution in [3.05, 3.63) is 17.7 Å². The van der Waals surface area contributed by atoms with Crippen molar-refractivity contribution in [1.82, 2.24) is 19.6 Å². The Balaban J connectivity index is 2.32. The highest BCUT2D eigenvalue weighted by atomic mass is 32.2. The molecule has 0 fully saturated rings. The number of carbonyl (C=O) groups excluding carboxylic acids is 2. The Hall–Kier alpha value is -1.94. The topological polar surface area (TPSA) is 141 Å². The van der Waals surface area contributed by atoms with Crippen molar-refractivity contribution in [2.75, 3.05) is 0 Å². The van der Waals surface area contributed by atoms with Crippen LogP contribution in [-0.2, 0) is 0 Å². The highest BCUT2D eigenvalue weighted by molar-refractivity contribution is 8.01. The summed E-state index contributed by atoms with van der Waals surface area (Å²) in [6.07, 6.45) is 1.33. The molecule has 0 aliphatic carbocycles. The van der Waals surface area contributed by atoms with Gasteiger partial charge in [-0.25, -0.2) is 4.98 Å². The zero-order valence-electron chi connectivity index (χ0n) is 8.21. The van der Waals surface area contributed by atoms with Crippen LogP contribution in [0.25, 0.3) is 0 Å². The van der Waals surface area contributed by atoms with E-state index in [9.17, 15) is 9.59 Å². The minimum Gasteiger partial charge on any atom is -0.364 e. The van der Waals surface area contributed by atoms with Crippen LogP contribution in [0.3, 0.4) is 0 Å². The summed E-state index contributed by atoms with van der Waals surface area (Å²) in [4.78, 5) is 28.6. The number of hydrogen-bond donors (Lipinski definition) is 3. The molecule has 2 aromatic rings. The zero-order valence-corrected chi connectivity index (χ0v) is 9.84. The Morgan fingerprint density at radius 3 is 2.76 bits per heavy atom. The van der Waals surface area contributed by atoms with Crippen molar-refractivity contribution in [1.29, 1.82) is 0 Å². The zero-order chi connectivity index (χ0) is 12.4. The van der Waals surface area contributed by atoms with Crippen molar-refractivity contribution < 1.29 is 9.59 Å². The minimum absolute atomic E-state index is 0.0541. The quantitative estimate of drug-likeness (QED) is 0.691. The summed E-state index contributed by atoms with van der Waals surface area (Å²) in [5.41, 5.74) is 10.5. The number of amides is 2. The van der Waals surface area contributed by atoms with Crippen molar-refractivity contribution >= 4 is 35.1 Å². The van der Waals surface area contributed by atoms with Gasteiger partial charge in [0.2, 0.25) is 0 Å². The second kappa shape index (κ2) is 4.51. The molecule has 8 nitrogen and oxygen atoms in total. The number of aromatic amines is 1. The highest BCUT2D eigenvalue weighted by Gasteiger charge is 2.19. The van der Waals surface area contributed by atoms with Crippen LogP contribution in [0.15, 0.2) is 15.6 Å². The van der Waals surface area contributed by atoms with Crippen molar-refractivity contribution in [2.45, 2.75) is 9.24 Å². The third-order valence-corrected chi connectivity index (χ3v) is 3.61. The third-order valence-electron chi connectivity index (χ3n) is 1.73. The fourth-order valence-corrected chi connectivity index (χ4v) is 2.71. The maximum Gasteiger partial charge on any atom is 0.271 e. The fraction of sp³-hybridized carbons (Fsp3) is 0. The molecule has 0 atom stereocenters. The van der Waals surface area contributed by atoms with E-state index in [0.717, 1.165) is 23.3 Å². The summed E-state index contributed by atoms with van der Waals surface area (Å²) in [7, 11) is 0. The first kappa shape index (κ1) is 11.5. The molecule has 0 radical (unpaired) electrons. The van der Waals surface area contributed by atoms with Crippen molar-refractivity contribution in [2.24, 2.45) is 11.5 Å². The normalized spacial score (nSPS) is 10.4. The van der Waals surface area contributed by atoms with Crippen molar-refractivity contribution in [3.8, 4) is 0 Å². The van der Waals surface area contributed by atoms with Crippen LogP contribution in [0.1, 0.15) is 21.0 Å². The van der Waals surface area contributed by atoms with Crippen LogP contribution >= 0.6 is 23.3 Å². The van der Waals surface area contributed by atoms with Crippen molar-refractivity contribution in [3.63, 3.8) is 0 Å². The fourth-order valence-electron chi connectivity index (χ4n) is 1.02. The average molecular weight is 270 g/mol. The molecule has 2 amide bonds. The monoisotopic (exact) mass is 270 g/mol. The molecule has 2 aromatic heterocycles. The van der Waals surface area contributed by atoms with Gasteiger partial charge in [-0.2, -0.15) is 0 Å². The summed E-state index contributed by atoms with van der Waals surface area (Å²) >= 11 is 2.05. The van der Waals surface area contributed by atoms with Crippen LogP contribution in [0.2, 0.25) is 0 Å². The molecule has 10 heteroatoms. The first-order valence-electron chi connectivity index (χ1n) is 4.22. The summed E-state index contributed by atoms with van der Waals surface area (Å²) < 4.78 is 4.08. The van der Waals surface area contributed by atoms with Gasteiger partial charge in [0.25, 0.3) is 11.8 Å². The Bertz CT molecular complexity index is 526. The molecular formula is C7H6N6O2S2. The number of nitrogens with zero attached hydrogens (tertiary/aromatic N) is 3. The van der Waals surface area contributed by atoms with Gasteiger partial charge in [-0.05, 0) is 11.5 Å². The molecule has 0 saturated heterocycles. The number of imidazole rings is 1. The first-order chi connectivity index (χ1) is 8.09. The number of aromatic nitrogens is 4. The van der Waals surface area contributed by atoms with Gasteiger partial charge >= 0.3 is 0 Å². The van der Waals surface area contributed by atoms with Gasteiger partial charge < -0.3 is 16.5 Å². The lowest BCUT2D eigenvalue weighted by Crippen LogP contribution is -2.13. The van der Waals surface area contributed by atoms with Crippen LogP contribution in [-0.4, -0.2) is 31.4 Å². The van der Waals surface area contributed by atoms with E-state index < -0.39 is 11.8 Å². The van der Waals surface area contributed by atoms with Gasteiger partial charge in [-0.3, -0.25) is 9.59 Å². The van der Waals surface area contributed by atoms with Gasteiger partial charge in [0.15, 0.2) is 5.69 Å². The Morgan fingerprint density at radius 2 is 2.12 bits per heavy atom. The highest BCUT2D eigenvalue weighted by Crippen LogP contribution is 2.32. The van der Waals surface area contributed by atoms with E-state index in [1.165, 1.54) is 6.33 Å². The lowest BCUT2D eigenvalue weighted by molar-refractivity contribution is 0.0985. The second-order valence-corrected chi connectivity index (χ2v) is 4.83. The predicted octanol–water partition coefficient (Wildman–Crippen LogP) is -0.390. The third kappa shape index (κ3) is 2.26. The van der Waals surface area contributed by atoms with E-state index in [0.29, 0.717) is 9.24 Å². The Kier molecular flexibility index (Phi) is 3.06. The average Bonchev–Trinajstić information content (AvgIpc) is 2.86. The molecule has 5 N–H and O–H groups in total. The first-order valence-corrected chi connectivity index (χ1v) is 5.81. The number of carbonyl (C=O) groups is 2. The lowest BCUT2D eigenvalue weighted by Gasteiger charge is -1.97. The molecule has 2 rings (SSSR count). The number of rotatable bonds is 4. The molecule has 0 unspecified atom stereocenters. The number of nitrogens with one attached hydrogen (secondary N) is 1. The maximum atomic E-state index is 11.0. The SMILES string of the molecule is NC(=O)c1nnsc1Sc1nc[nH]c1C(N)=O. The molecule has 0 bridgehead atoms. The smallest absolute Gasteiger partial charge is 0.271 e. The molecule has 0 aliphatic heterocycles. The number of primary amides is 2. The number of H-pyrrole nitrogens is 1. The molecule has 0 saturated carbocycles. The van der Waals surface area contributed by atoms with Crippen LogP contribution in [0.5, 0.6) is 0 Å². The largest absolute Gasteiger partial charge is 0.364 e. The van der Waals surface area contributed by atoms with Crippen LogP contribution in [0.4, 0.5) is 0 Å². The Morgan fingerprint density at radius 1 is 1.35 bits per heavy atom. The molecule has 0 spiro atoms. The molecule has 0 aromatic carbocycles. The van der Waals surface area contributed by atoms with Gasteiger partial charge in [0.1, 0.15) is 14.9 Å². The number of nitrogens with two attached hydrogens (primary N) is 2. The van der Waals surface area contributed by atoms with Gasteiger partial charge in [-0.1, -0.05) is 16.3 Å². The van der Waals surface area contributed by atoms with Crippen LogP contribution in [0, 0.1) is 0 Å². The predicted molar refractivity (Wildman–Crippen MR) is 59.7 cm³/mol. The second-order valence-electron chi connectivity index (χ2n) is 2.82. The molecule has 88 valence electrons. The summed E-state index contributed by atoms with van der Waals surface area (Å²) in [6, 6.07) is 0. The molecular weight excluding hydrogens is 264 g/mol. The van der Waals surface area contributed by atoms with E-state index in [1.807, 2.05) is 0 Å². The minimum atomic E-state index is -0.683. The summed E-state index contributed by atoms with van der Waals surface area (Å²) in [6.45, 7) is 0. The lowest BCUT2D eigenvalue weighted by atomic mass is 10.5. The summed E-state index contributed by atoms with van der Waals surface area (Å²) in [5, 5.41) is 3.94. The molecule has 0 aliphatic rings. The van der Waals surface area contributed by atoms with E-state index in [4.69, 9.17) is 11.5 Å². The maximum absolute atomic E-state index is 11.0. The number of hydrogen-bond acceptors (Lipinski definition) is 7. The Labute approximate surface area is 103 Å². The van der Waals surface area contributed by atoms with Gasteiger partial charge in [0, 0.05) is 0 Å². The summed E-state index contributed by atoms with van der Waals surface area (Å²) in [5.74, 6) is -1.32. The van der Waals surface area contributed by atoms with E-state index in [-0.39, 0.29) is 11.4 Å². The van der Waals surface area contributed by atoms with E-state index in [1.54, 1.807) is 0 Å². The van der Waals surface area contributed by atoms with Gasteiger partial charge in [0.05, 0.1) is 6.33 Å². The van der Waals surface area contributed by atoms with E-state index in [2.05, 4.69) is 19.6 Å². The molecule has 17 heavy (non-hydrogen) atoms. The van der Waals surface area contributed by atoms with Gasteiger partial charge in [-0.15, -0.1) is 5.10 Å². The standard InChI is InChI=1S/C7H6N6O2S2/c8-4(14)2-6(11-1-10-2)16-7-3(5(9)15)12-13-17-7/h1H,(H2,8,14)(H2,9,15)(H,10,11).